The maximum absolute atomic E-state index is 13.4. The topological polar surface area (TPSA) is 170 Å². The molecule has 3 saturated heterocycles. The zero-order valence-corrected chi connectivity index (χ0v) is 33.1. The number of carbonyl (C=O) groups excluding carboxylic acids is 4. The van der Waals surface area contributed by atoms with Crippen LogP contribution in [0, 0.1) is 12.8 Å². The Labute approximate surface area is 345 Å². The van der Waals surface area contributed by atoms with Gasteiger partial charge in [0.25, 0.3) is 11.8 Å². The molecule has 2 N–H and O–H groups in total. The number of piperazine rings is 1. The van der Waals surface area contributed by atoms with Crippen molar-refractivity contribution in [2.24, 2.45) is 5.92 Å². The average Bonchev–Trinajstić information content (AvgIpc) is 3.83. The second-order valence-corrected chi connectivity index (χ2v) is 16.0. The van der Waals surface area contributed by atoms with E-state index in [1.165, 1.54) is 6.33 Å². The minimum absolute atomic E-state index is 0.0977. The van der Waals surface area contributed by atoms with Crippen LogP contribution in [0.25, 0.3) is 16.6 Å². The molecule has 0 saturated carbocycles. The number of imide groups is 2. The Hall–Kier alpha value is -6.94. The zero-order chi connectivity index (χ0) is 40.9. The van der Waals surface area contributed by atoms with Crippen molar-refractivity contribution in [3.63, 3.8) is 0 Å². The Kier molecular flexibility index (Phi) is 9.55. The van der Waals surface area contributed by atoms with Crippen LogP contribution in [0.5, 0.6) is 11.5 Å². The number of ether oxygens (including phenoxy) is 1. The number of nitrogens with zero attached hydrogens (tertiary/aromatic N) is 9. The maximum Gasteiger partial charge on any atom is 0.262 e. The number of benzene rings is 3. The van der Waals surface area contributed by atoms with Gasteiger partial charge in [0, 0.05) is 86.9 Å². The summed E-state index contributed by atoms with van der Waals surface area (Å²) in [6.45, 7) is 8.60. The van der Waals surface area contributed by atoms with Crippen molar-refractivity contribution in [3.05, 3.63) is 102 Å². The van der Waals surface area contributed by atoms with Gasteiger partial charge >= 0.3 is 0 Å². The Bertz CT molecular complexity index is 2680. The van der Waals surface area contributed by atoms with E-state index in [-0.39, 0.29) is 18.7 Å². The SMILES string of the molecule is Cc1cc(Nc2ncnc3cc(N4CCN(CC5CCN(c6ccc7c(c6)C(=O)N(C6CCC(=O)NC6=O)C7=O)CC5)CC4)ccc23)ccc1Oc1ccn2ncnc2c1. The van der Waals surface area contributed by atoms with E-state index in [1.807, 2.05) is 49.5 Å². The lowest BCUT2D eigenvalue weighted by molar-refractivity contribution is -0.136. The number of hydrogen-bond acceptors (Lipinski definition) is 13. The van der Waals surface area contributed by atoms with E-state index in [2.05, 4.69) is 63.6 Å². The van der Waals surface area contributed by atoms with Gasteiger partial charge in [-0.25, -0.2) is 19.5 Å². The number of fused-ring (bicyclic) bond motifs is 3. The molecule has 3 aromatic carbocycles. The van der Waals surface area contributed by atoms with Crippen LogP contribution in [-0.4, -0.2) is 110 Å². The molecule has 16 nitrogen and oxygen atoms in total. The number of piperidine rings is 2. The van der Waals surface area contributed by atoms with E-state index >= 15 is 0 Å². The second kappa shape index (κ2) is 15.3. The third-order valence-electron chi connectivity index (χ3n) is 12.2. The minimum atomic E-state index is -0.966. The highest BCUT2D eigenvalue weighted by atomic mass is 16.5. The van der Waals surface area contributed by atoms with Crippen LogP contribution >= 0.6 is 0 Å². The Morgan fingerprint density at radius 3 is 2.37 bits per heavy atom. The first-order valence-electron chi connectivity index (χ1n) is 20.4. The fraction of sp³-hybridized carbons (Fsp3) is 0.318. The largest absolute Gasteiger partial charge is 0.457 e. The summed E-state index contributed by atoms with van der Waals surface area (Å²) in [5.41, 5.74) is 6.16. The Morgan fingerprint density at radius 2 is 1.55 bits per heavy atom. The normalized spacial score (nSPS) is 19.0. The summed E-state index contributed by atoms with van der Waals surface area (Å²) in [7, 11) is 0. The number of pyridine rings is 1. The summed E-state index contributed by atoms with van der Waals surface area (Å²) in [4.78, 5) is 72.4. The lowest BCUT2D eigenvalue weighted by Crippen LogP contribution is -2.54. The van der Waals surface area contributed by atoms with E-state index in [0.717, 1.165) is 114 Å². The highest BCUT2D eigenvalue weighted by Crippen LogP contribution is 2.34. The van der Waals surface area contributed by atoms with E-state index in [1.54, 1.807) is 23.0 Å². The standard InChI is InChI=1S/C44H43N11O5/c1-27-20-29(2-8-38(27)60-32-12-15-54-39(23-32)46-26-48-54)49-41-34-6-4-31(22-36(34)45-25-47-41)53-18-16-51(17-19-53)24-28-10-13-52(14-11-28)30-3-5-33-35(21-30)44(59)55(43(33)58)37-7-9-40(56)50-42(37)57/h2-6,8,12,15,20-23,25-26,28,37H,7,9-11,13-14,16-19,24H2,1H3,(H,45,47,49)(H,50,56,57). The van der Waals surface area contributed by atoms with Crippen molar-refractivity contribution in [1.82, 2.24) is 39.7 Å². The molecule has 3 fully saturated rings. The molecule has 1 unspecified atom stereocenters. The number of nitrogens with one attached hydrogen (secondary N) is 2. The van der Waals surface area contributed by atoms with Gasteiger partial charge in [0.05, 0.1) is 16.6 Å². The molecule has 0 spiro atoms. The van der Waals surface area contributed by atoms with Gasteiger partial charge in [-0.3, -0.25) is 34.3 Å². The van der Waals surface area contributed by atoms with Gasteiger partial charge in [-0.2, -0.15) is 5.10 Å². The first-order valence-corrected chi connectivity index (χ1v) is 20.4. The van der Waals surface area contributed by atoms with Crippen molar-refractivity contribution >= 4 is 63.1 Å². The molecular formula is C44H43N11O5. The van der Waals surface area contributed by atoms with Crippen molar-refractivity contribution in [1.29, 1.82) is 0 Å². The summed E-state index contributed by atoms with van der Waals surface area (Å²) in [6.07, 6.45) is 7.25. The molecule has 1 atom stereocenters. The van der Waals surface area contributed by atoms with Gasteiger partial charge in [0.15, 0.2) is 5.65 Å². The fourth-order valence-electron chi connectivity index (χ4n) is 8.89. The van der Waals surface area contributed by atoms with Gasteiger partial charge in [-0.05, 0) is 98.3 Å². The number of hydrogen-bond donors (Lipinski definition) is 2. The molecule has 4 aliphatic heterocycles. The van der Waals surface area contributed by atoms with Crippen LogP contribution in [0.3, 0.4) is 0 Å². The van der Waals surface area contributed by atoms with Crippen LogP contribution in [0.15, 0.2) is 85.6 Å². The summed E-state index contributed by atoms with van der Waals surface area (Å²) in [6, 6.07) is 20.5. The lowest BCUT2D eigenvalue weighted by Gasteiger charge is -2.40. The number of aromatic nitrogens is 5. The third-order valence-corrected chi connectivity index (χ3v) is 12.2. The van der Waals surface area contributed by atoms with E-state index < -0.39 is 23.8 Å². The number of carbonyl (C=O) groups is 4. The number of rotatable bonds is 9. The monoisotopic (exact) mass is 805 g/mol. The zero-order valence-electron chi connectivity index (χ0n) is 33.1. The average molecular weight is 806 g/mol. The number of aryl methyl sites for hydroxylation is 1. The Morgan fingerprint density at radius 1 is 0.767 bits per heavy atom. The molecule has 0 aliphatic carbocycles. The number of anilines is 4. The molecular weight excluding hydrogens is 763 g/mol. The van der Waals surface area contributed by atoms with Gasteiger partial charge in [-0.15, -0.1) is 0 Å². The predicted molar refractivity (Wildman–Crippen MR) is 224 cm³/mol. The van der Waals surface area contributed by atoms with Crippen LogP contribution < -0.4 is 25.2 Å². The second-order valence-electron chi connectivity index (χ2n) is 16.0. The van der Waals surface area contributed by atoms with Crippen LogP contribution in [0.1, 0.15) is 52.0 Å². The smallest absolute Gasteiger partial charge is 0.262 e. The van der Waals surface area contributed by atoms with Crippen LogP contribution in [0.2, 0.25) is 0 Å². The fourth-order valence-corrected chi connectivity index (χ4v) is 8.89. The highest BCUT2D eigenvalue weighted by molar-refractivity contribution is 6.23. The quantitative estimate of drug-likeness (QED) is 0.188. The summed E-state index contributed by atoms with van der Waals surface area (Å²) >= 11 is 0. The molecule has 3 aromatic heterocycles. The van der Waals surface area contributed by atoms with Gasteiger partial charge < -0.3 is 19.9 Å². The van der Waals surface area contributed by atoms with Gasteiger partial charge in [0.1, 0.15) is 36.0 Å². The summed E-state index contributed by atoms with van der Waals surface area (Å²) in [5.74, 6) is 0.811. The maximum atomic E-state index is 13.4. The molecule has 4 aliphatic rings. The molecule has 60 heavy (non-hydrogen) atoms. The van der Waals surface area contributed by atoms with E-state index in [9.17, 15) is 19.2 Å². The first-order chi connectivity index (χ1) is 29.2. The van der Waals surface area contributed by atoms with Gasteiger partial charge in [-0.1, -0.05) is 0 Å². The minimum Gasteiger partial charge on any atom is -0.457 e. The molecule has 6 aromatic rings. The highest BCUT2D eigenvalue weighted by Gasteiger charge is 2.45. The molecule has 4 amide bonds. The number of amides is 4. The van der Waals surface area contributed by atoms with E-state index in [4.69, 9.17) is 4.74 Å². The summed E-state index contributed by atoms with van der Waals surface area (Å²) < 4.78 is 7.85. The first kappa shape index (κ1) is 37.3. The van der Waals surface area contributed by atoms with Crippen molar-refractivity contribution in [2.45, 2.75) is 38.6 Å². The molecule has 10 rings (SSSR count). The van der Waals surface area contributed by atoms with Crippen LogP contribution in [0.4, 0.5) is 22.9 Å². The Balaban J connectivity index is 0.716. The predicted octanol–water partition coefficient (Wildman–Crippen LogP) is 4.96. The van der Waals surface area contributed by atoms with E-state index in [0.29, 0.717) is 22.8 Å². The molecule has 7 heterocycles. The third kappa shape index (κ3) is 7.12. The van der Waals surface area contributed by atoms with Crippen LogP contribution in [-0.2, 0) is 9.59 Å². The lowest BCUT2D eigenvalue weighted by atomic mass is 9.95. The summed E-state index contributed by atoms with van der Waals surface area (Å²) in [5, 5.41) is 10.8. The van der Waals surface area contributed by atoms with Crippen molar-refractivity contribution in [2.75, 3.05) is 60.9 Å². The van der Waals surface area contributed by atoms with Gasteiger partial charge in [0.2, 0.25) is 11.8 Å². The molecule has 0 bridgehead atoms. The van der Waals surface area contributed by atoms with Crippen molar-refractivity contribution in [3.8, 4) is 11.5 Å². The molecule has 16 heteroatoms. The molecule has 0 radical (unpaired) electrons. The molecule has 304 valence electrons. The van der Waals surface area contributed by atoms with Crippen molar-refractivity contribution < 1.29 is 23.9 Å².